The van der Waals surface area contributed by atoms with Gasteiger partial charge in [0.2, 0.25) is 5.91 Å². The van der Waals surface area contributed by atoms with Crippen LogP contribution < -0.4 is 5.32 Å². The van der Waals surface area contributed by atoms with Crippen molar-refractivity contribution in [3.63, 3.8) is 0 Å². The van der Waals surface area contributed by atoms with Crippen molar-refractivity contribution in [3.05, 3.63) is 40.4 Å². The zero-order valence-electron chi connectivity index (χ0n) is 13.6. The number of carbonyl (C=O) groups is 1. The Kier molecular flexibility index (Phi) is 5.89. The predicted molar refractivity (Wildman–Crippen MR) is 86.8 cm³/mol. The van der Waals surface area contributed by atoms with Crippen LogP contribution in [0.2, 0.25) is 5.02 Å². The molecule has 0 radical (unpaired) electrons. The molecule has 0 spiro atoms. The minimum absolute atomic E-state index is 0.217. The van der Waals surface area contributed by atoms with Gasteiger partial charge in [0.25, 0.3) is 0 Å². The smallest absolute Gasteiger partial charge is 0.352 e. The van der Waals surface area contributed by atoms with Crippen LogP contribution in [0.1, 0.15) is 23.4 Å². The maximum absolute atomic E-state index is 12.7. The lowest BCUT2D eigenvalue weighted by molar-refractivity contribution is -0.141. The fourth-order valence-corrected chi connectivity index (χ4v) is 2.36. The van der Waals surface area contributed by atoms with Crippen LogP contribution in [0.5, 0.6) is 0 Å². The average Bonchev–Trinajstić information content (AvgIpc) is 3.06. The Morgan fingerprint density at radius 1 is 1.44 bits per heavy atom. The molecular weight excluding hydrogens is 359 g/mol. The summed E-state index contributed by atoms with van der Waals surface area (Å²) in [4.78, 5) is 11.7. The van der Waals surface area contributed by atoms with Crippen molar-refractivity contribution in [1.29, 1.82) is 0 Å². The zero-order valence-corrected chi connectivity index (χ0v) is 14.4. The van der Waals surface area contributed by atoms with Crippen molar-refractivity contribution in [2.75, 3.05) is 6.54 Å². The summed E-state index contributed by atoms with van der Waals surface area (Å²) in [6, 6.07) is 0. The first-order valence-electron chi connectivity index (χ1n) is 7.43. The molecule has 10 heteroatoms. The number of hydrogen-bond donors (Lipinski definition) is 1. The van der Waals surface area contributed by atoms with Gasteiger partial charge in [-0.1, -0.05) is 11.6 Å². The van der Waals surface area contributed by atoms with Crippen molar-refractivity contribution in [1.82, 2.24) is 24.9 Å². The molecule has 136 valence electrons. The van der Waals surface area contributed by atoms with Gasteiger partial charge in [-0.3, -0.25) is 14.2 Å². The van der Waals surface area contributed by atoms with E-state index in [1.54, 1.807) is 30.2 Å². The lowest BCUT2D eigenvalue weighted by Gasteiger charge is -2.05. The second-order valence-corrected chi connectivity index (χ2v) is 5.77. The highest BCUT2D eigenvalue weighted by Gasteiger charge is 2.38. The van der Waals surface area contributed by atoms with E-state index >= 15 is 0 Å². The number of aryl methyl sites for hydroxylation is 2. The van der Waals surface area contributed by atoms with Crippen molar-refractivity contribution < 1.29 is 18.0 Å². The Morgan fingerprint density at radius 2 is 2.16 bits per heavy atom. The third kappa shape index (κ3) is 5.09. The first-order chi connectivity index (χ1) is 11.7. The molecule has 1 N–H and O–H groups in total. The van der Waals surface area contributed by atoms with E-state index in [4.69, 9.17) is 11.6 Å². The quantitative estimate of drug-likeness (QED) is 0.623. The lowest BCUT2D eigenvalue weighted by Crippen LogP contribution is -2.23. The first kappa shape index (κ1) is 19.0. The minimum Gasteiger partial charge on any atom is -0.352 e. The van der Waals surface area contributed by atoms with E-state index in [-0.39, 0.29) is 18.1 Å². The molecule has 0 saturated heterocycles. The van der Waals surface area contributed by atoms with Gasteiger partial charge in [0.15, 0.2) is 5.69 Å². The fourth-order valence-electron chi connectivity index (χ4n) is 2.12. The minimum atomic E-state index is -4.58. The average molecular weight is 376 g/mol. The monoisotopic (exact) mass is 375 g/mol. The van der Waals surface area contributed by atoms with Crippen LogP contribution in [-0.2, 0) is 24.6 Å². The van der Waals surface area contributed by atoms with Crippen LogP contribution in [0, 0.1) is 6.92 Å². The van der Waals surface area contributed by atoms with Crippen LogP contribution >= 0.6 is 11.6 Å². The van der Waals surface area contributed by atoms with Crippen LogP contribution in [0.3, 0.4) is 0 Å². The van der Waals surface area contributed by atoms with Crippen molar-refractivity contribution in [3.8, 4) is 0 Å². The molecule has 0 unspecified atom stereocenters. The summed E-state index contributed by atoms with van der Waals surface area (Å²) in [6.07, 6.45) is 2.20. The van der Waals surface area contributed by atoms with Crippen LogP contribution in [0.15, 0.2) is 18.5 Å². The van der Waals surface area contributed by atoms with Gasteiger partial charge in [0, 0.05) is 38.0 Å². The molecule has 0 aliphatic carbocycles. The topological polar surface area (TPSA) is 64.7 Å². The Labute approximate surface area is 147 Å². The molecule has 0 bridgehead atoms. The maximum atomic E-state index is 12.7. The molecule has 2 aromatic heterocycles. The number of rotatable bonds is 6. The Morgan fingerprint density at radius 3 is 2.72 bits per heavy atom. The Bertz CT molecular complexity index is 779. The summed E-state index contributed by atoms with van der Waals surface area (Å²) in [5.74, 6) is -0.296. The van der Waals surface area contributed by atoms with Gasteiger partial charge in [-0.25, -0.2) is 0 Å². The molecule has 25 heavy (non-hydrogen) atoms. The molecule has 0 atom stereocenters. The van der Waals surface area contributed by atoms with E-state index in [2.05, 4.69) is 15.5 Å². The van der Waals surface area contributed by atoms with E-state index in [0.717, 1.165) is 5.56 Å². The Balaban J connectivity index is 1.81. The SMILES string of the molecule is Cc1c(Cl)c(C(F)(F)F)nn1CCCNC(=O)/C=C/c1cnn(C)c1. The predicted octanol–water partition coefficient (Wildman–Crippen LogP) is 2.82. The number of aromatic nitrogens is 4. The molecular formula is C15H17ClF3N5O. The van der Waals surface area contributed by atoms with E-state index in [0.29, 0.717) is 13.0 Å². The fraction of sp³-hybridized carbons (Fsp3) is 0.400. The number of amides is 1. The van der Waals surface area contributed by atoms with Gasteiger partial charge in [-0.05, 0) is 19.4 Å². The van der Waals surface area contributed by atoms with E-state index in [1.807, 2.05) is 0 Å². The highest BCUT2D eigenvalue weighted by Crippen LogP contribution is 2.35. The zero-order chi connectivity index (χ0) is 18.6. The number of hydrogen-bond acceptors (Lipinski definition) is 3. The van der Waals surface area contributed by atoms with Gasteiger partial charge in [-0.15, -0.1) is 0 Å². The van der Waals surface area contributed by atoms with E-state index in [9.17, 15) is 18.0 Å². The highest BCUT2D eigenvalue weighted by atomic mass is 35.5. The number of halogens is 4. The summed E-state index contributed by atoms with van der Waals surface area (Å²) in [5, 5.41) is 9.73. The van der Waals surface area contributed by atoms with Crippen LogP contribution in [0.4, 0.5) is 13.2 Å². The van der Waals surface area contributed by atoms with E-state index in [1.165, 1.54) is 17.7 Å². The molecule has 0 fully saturated rings. The molecule has 2 heterocycles. The third-order valence-electron chi connectivity index (χ3n) is 3.40. The van der Waals surface area contributed by atoms with Crippen molar-refractivity contribution in [2.24, 2.45) is 7.05 Å². The van der Waals surface area contributed by atoms with Gasteiger partial charge in [0.05, 0.1) is 16.9 Å². The summed E-state index contributed by atoms with van der Waals surface area (Å²) in [5.41, 5.74) is -0.0500. The Hall–Kier alpha value is -2.29. The second kappa shape index (κ2) is 7.73. The van der Waals surface area contributed by atoms with E-state index < -0.39 is 16.9 Å². The van der Waals surface area contributed by atoms with Crippen molar-refractivity contribution in [2.45, 2.75) is 26.1 Å². The van der Waals surface area contributed by atoms with Crippen LogP contribution in [-0.4, -0.2) is 32.0 Å². The molecule has 0 aliphatic heterocycles. The third-order valence-corrected chi connectivity index (χ3v) is 3.85. The number of nitrogens with zero attached hydrogens (tertiary/aromatic N) is 4. The normalized spacial score (nSPS) is 12.1. The standard InChI is InChI=1S/C15H17ClF3N5O/c1-10-13(16)14(15(17,18)19)22-24(10)7-3-6-20-12(25)5-4-11-8-21-23(2)9-11/h4-5,8-9H,3,6-7H2,1-2H3,(H,20,25)/b5-4+. The number of nitrogens with one attached hydrogen (secondary N) is 1. The molecule has 6 nitrogen and oxygen atoms in total. The molecule has 2 rings (SSSR count). The molecule has 2 aromatic rings. The summed E-state index contributed by atoms with van der Waals surface area (Å²) < 4.78 is 41.0. The molecule has 1 amide bonds. The first-order valence-corrected chi connectivity index (χ1v) is 7.81. The summed E-state index contributed by atoms with van der Waals surface area (Å²) >= 11 is 5.67. The van der Waals surface area contributed by atoms with Crippen LogP contribution in [0.25, 0.3) is 6.08 Å². The highest BCUT2D eigenvalue weighted by molar-refractivity contribution is 6.31. The van der Waals surface area contributed by atoms with Gasteiger partial charge < -0.3 is 5.32 Å². The largest absolute Gasteiger partial charge is 0.436 e. The second-order valence-electron chi connectivity index (χ2n) is 5.39. The van der Waals surface area contributed by atoms with Crippen molar-refractivity contribution >= 4 is 23.6 Å². The maximum Gasteiger partial charge on any atom is 0.436 e. The number of carbonyl (C=O) groups excluding carboxylic acids is 1. The summed E-state index contributed by atoms with van der Waals surface area (Å²) in [6.45, 7) is 1.99. The van der Waals surface area contributed by atoms with Gasteiger partial charge in [-0.2, -0.15) is 23.4 Å². The summed E-state index contributed by atoms with van der Waals surface area (Å²) in [7, 11) is 1.77. The van der Waals surface area contributed by atoms with Gasteiger partial charge >= 0.3 is 6.18 Å². The molecule has 0 saturated carbocycles. The molecule has 0 aromatic carbocycles. The lowest BCUT2D eigenvalue weighted by atomic mass is 10.3. The number of alkyl halides is 3. The van der Waals surface area contributed by atoms with Gasteiger partial charge in [0.1, 0.15) is 0 Å². The molecule has 0 aliphatic rings.